The third-order valence-electron chi connectivity index (χ3n) is 3.66. The Balaban J connectivity index is 1.69. The first-order valence-corrected chi connectivity index (χ1v) is 9.20. The van der Waals surface area contributed by atoms with Crippen molar-refractivity contribution in [1.82, 2.24) is 4.98 Å². The third-order valence-corrected chi connectivity index (χ3v) is 4.96. The van der Waals surface area contributed by atoms with Gasteiger partial charge in [-0.15, -0.1) is 0 Å². The monoisotopic (exact) mass is 386 g/mol. The number of nitrogens with zero attached hydrogens (tertiary/aromatic N) is 2. The summed E-state index contributed by atoms with van der Waals surface area (Å²) in [6.07, 6.45) is 8.34. The lowest BCUT2D eigenvalue weighted by molar-refractivity contribution is -0.385. The lowest BCUT2D eigenvalue weighted by atomic mass is 10.1. The fourth-order valence-corrected chi connectivity index (χ4v) is 3.21. The molecular weight excluding hydrogens is 372 g/mol. The van der Waals surface area contributed by atoms with Crippen LogP contribution in [-0.2, 0) is 19.0 Å². The molecule has 1 aliphatic rings. The first-order valence-electron chi connectivity index (χ1n) is 7.79. The van der Waals surface area contributed by atoms with E-state index in [0.29, 0.717) is 0 Å². The fraction of sp³-hybridized carbons (Fsp3) is 0.167. The quantitative estimate of drug-likeness (QED) is 0.426. The number of ether oxygens (including phenoxy) is 1. The van der Waals surface area contributed by atoms with Crippen LogP contribution in [0.1, 0.15) is 11.1 Å². The zero-order chi connectivity index (χ0) is 19.4. The van der Waals surface area contributed by atoms with Crippen molar-refractivity contribution in [1.29, 1.82) is 0 Å². The number of hydrogen-bond donors (Lipinski definition) is 0. The zero-order valence-corrected chi connectivity index (χ0v) is 15.0. The predicted molar refractivity (Wildman–Crippen MR) is 94.5 cm³/mol. The van der Waals surface area contributed by atoms with E-state index in [-0.39, 0.29) is 28.5 Å². The van der Waals surface area contributed by atoms with Gasteiger partial charge in [0.15, 0.2) is 0 Å². The van der Waals surface area contributed by atoms with Crippen LogP contribution < -0.4 is 0 Å². The van der Waals surface area contributed by atoms with Crippen LogP contribution in [0.25, 0.3) is 5.76 Å². The van der Waals surface area contributed by atoms with Crippen molar-refractivity contribution in [3.8, 4) is 0 Å². The number of rotatable bonds is 6. The lowest BCUT2D eigenvalue weighted by Crippen LogP contribution is -2.25. The number of hydrogen-bond acceptors (Lipinski definition) is 7. The molecule has 0 spiro atoms. The molecule has 0 unspecified atom stereocenters. The smallest absolute Gasteiger partial charge is 0.298 e. The first-order chi connectivity index (χ1) is 12.9. The summed E-state index contributed by atoms with van der Waals surface area (Å²) >= 11 is 0. The summed E-state index contributed by atoms with van der Waals surface area (Å²) in [5.41, 5.74) is 0.888. The van der Waals surface area contributed by atoms with E-state index >= 15 is 0 Å². The van der Waals surface area contributed by atoms with Gasteiger partial charge in [0.2, 0.25) is 0 Å². The number of aryl methyl sites for hydroxylation is 1. The second-order valence-corrected chi connectivity index (χ2v) is 7.22. The third kappa shape index (κ3) is 4.50. The number of nitro groups is 1. The highest BCUT2D eigenvalue weighted by Crippen LogP contribution is 2.30. The minimum absolute atomic E-state index is 0.0254. The summed E-state index contributed by atoms with van der Waals surface area (Å²) < 4.78 is 35.1. The Morgan fingerprint density at radius 3 is 2.74 bits per heavy atom. The van der Waals surface area contributed by atoms with E-state index in [1.165, 1.54) is 30.5 Å². The summed E-state index contributed by atoms with van der Waals surface area (Å²) in [6, 6.07) is 7.65. The Hall–Kier alpha value is -2.78. The van der Waals surface area contributed by atoms with Crippen LogP contribution in [0.5, 0.6) is 0 Å². The van der Waals surface area contributed by atoms with E-state index in [4.69, 9.17) is 8.92 Å². The van der Waals surface area contributed by atoms with Gasteiger partial charge >= 0.3 is 0 Å². The summed E-state index contributed by atoms with van der Waals surface area (Å²) in [6.45, 7) is 1.49. The van der Waals surface area contributed by atoms with Crippen molar-refractivity contribution in [3.05, 3.63) is 82.9 Å². The molecule has 1 aromatic heterocycles. The minimum atomic E-state index is -3.97. The Morgan fingerprint density at radius 2 is 2.04 bits per heavy atom. The maximum absolute atomic E-state index is 12.2. The number of allylic oxidation sites excluding steroid dienone is 1. The molecule has 0 saturated carbocycles. The van der Waals surface area contributed by atoms with Crippen LogP contribution in [0.15, 0.2) is 53.7 Å². The molecule has 1 atom stereocenters. The van der Waals surface area contributed by atoms with Gasteiger partial charge in [-0.05, 0) is 31.2 Å². The molecule has 27 heavy (non-hydrogen) atoms. The van der Waals surface area contributed by atoms with Crippen molar-refractivity contribution in [3.63, 3.8) is 0 Å². The molecular formula is C18H14N2O6S. The lowest BCUT2D eigenvalue weighted by Gasteiger charge is -2.23. The highest BCUT2D eigenvalue weighted by Gasteiger charge is 2.26. The second-order valence-electron chi connectivity index (χ2n) is 5.61. The Morgan fingerprint density at radius 1 is 1.30 bits per heavy atom. The van der Waals surface area contributed by atoms with Gasteiger partial charge in [-0.25, -0.2) is 0 Å². The van der Waals surface area contributed by atoms with Crippen molar-refractivity contribution in [2.24, 2.45) is 0 Å². The van der Waals surface area contributed by atoms with E-state index in [0.717, 1.165) is 11.8 Å². The van der Waals surface area contributed by atoms with Gasteiger partial charge in [0.25, 0.3) is 15.8 Å². The average Bonchev–Trinajstić information content (AvgIpc) is 2.67. The molecule has 0 amide bonds. The maximum atomic E-state index is 12.2. The first kappa shape index (κ1) is 19.0. The van der Waals surface area contributed by atoms with E-state index in [1.807, 2.05) is 6.92 Å². The number of pyridine rings is 1. The maximum Gasteiger partial charge on any atom is 0.298 e. The van der Waals surface area contributed by atoms with E-state index < -0.39 is 21.1 Å². The molecule has 3 rings (SSSR count). The molecule has 2 heterocycles. The van der Waals surface area contributed by atoms with Crippen LogP contribution in [-0.4, -0.2) is 31.0 Å². The normalized spacial score (nSPS) is 17.1. The standard InChI is InChI=1S/C18H14N2O6S/c1-13-5-7-15(8-6-13)27(23,24)25-12-14-3-2-4-18(26-14)16-9-10-19-11-17(16)20(21)22/h4-11,14H,12H2,1H3/t14-/m1/s1. The molecule has 0 saturated heterocycles. The molecule has 2 aromatic rings. The molecule has 1 aliphatic heterocycles. The molecule has 1 aromatic carbocycles. The van der Waals surface area contributed by atoms with Gasteiger partial charge in [-0.1, -0.05) is 17.7 Å². The molecule has 138 valence electrons. The summed E-state index contributed by atoms with van der Waals surface area (Å²) in [5, 5.41) is 11.1. The summed E-state index contributed by atoms with van der Waals surface area (Å²) in [7, 11) is -3.97. The zero-order valence-electron chi connectivity index (χ0n) is 14.2. The van der Waals surface area contributed by atoms with Gasteiger partial charge in [0, 0.05) is 19.0 Å². The van der Waals surface area contributed by atoms with Crippen molar-refractivity contribution < 1.29 is 22.3 Å². The van der Waals surface area contributed by atoms with Gasteiger partial charge in [0.05, 0.1) is 15.4 Å². The molecule has 0 N–H and O–H groups in total. The molecule has 0 fully saturated rings. The highest BCUT2D eigenvalue weighted by atomic mass is 32.2. The SMILES string of the molecule is Cc1ccc(S(=O)(=O)OC[C@H]2[C][C]C=C(c3ccncc3[N+](=O)[O-])O2)cc1. The molecule has 4 radical (unpaired) electrons. The molecule has 9 heteroatoms. The number of aromatic nitrogens is 1. The highest BCUT2D eigenvalue weighted by molar-refractivity contribution is 7.86. The van der Waals surface area contributed by atoms with Crippen molar-refractivity contribution in [2.45, 2.75) is 17.9 Å². The number of benzene rings is 1. The minimum Gasteiger partial charge on any atom is -0.487 e. The fourth-order valence-electron chi connectivity index (χ4n) is 2.30. The van der Waals surface area contributed by atoms with Gasteiger partial charge in [-0.2, -0.15) is 8.42 Å². The predicted octanol–water partition coefficient (Wildman–Crippen LogP) is 2.61. The summed E-state index contributed by atoms with van der Waals surface area (Å²) in [4.78, 5) is 14.3. The van der Waals surface area contributed by atoms with Crippen LogP contribution in [0.3, 0.4) is 0 Å². The topological polar surface area (TPSA) is 109 Å². The molecule has 8 nitrogen and oxygen atoms in total. The van der Waals surface area contributed by atoms with Crippen molar-refractivity contribution >= 4 is 21.6 Å². The summed E-state index contributed by atoms with van der Waals surface area (Å²) in [5.74, 6) is 0.157. The van der Waals surface area contributed by atoms with Crippen LogP contribution in [0.2, 0.25) is 0 Å². The second kappa shape index (κ2) is 7.85. The van der Waals surface area contributed by atoms with Crippen LogP contribution >= 0.6 is 0 Å². The van der Waals surface area contributed by atoms with E-state index in [1.54, 1.807) is 12.1 Å². The van der Waals surface area contributed by atoms with Gasteiger partial charge < -0.3 is 4.74 Å². The van der Waals surface area contributed by atoms with Gasteiger partial charge in [0.1, 0.15) is 24.7 Å². The van der Waals surface area contributed by atoms with E-state index in [9.17, 15) is 18.5 Å². The van der Waals surface area contributed by atoms with Crippen molar-refractivity contribution in [2.75, 3.05) is 6.61 Å². The van der Waals surface area contributed by atoms with Crippen LogP contribution in [0, 0.1) is 29.9 Å². The van der Waals surface area contributed by atoms with E-state index in [2.05, 4.69) is 17.8 Å². The Bertz CT molecular complexity index is 970. The van der Waals surface area contributed by atoms with Crippen LogP contribution in [0.4, 0.5) is 5.69 Å². The molecule has 0 aliphatic carbocycles. The largest absolute Gasteiger partial charge is 0.487 e. The molecule has 0 bridgehead atoms. The Labute approximate surface area is 156 Å². The average molecular weight is 386 g/mol. The van der Waals surface area contributed by atoms with Gasteiger partial charge in [-0.3, -0.25) is 19.3 Å². The Kier molecular flexibility index (Phi) is 5.52.